The third-order valence-electron chi connectivity index (χ3n) is 14.1. The fourth-order valence-corrected chi connectivity index (χ4v) is 11.2. The summed E-state index contributed by atoms with van der Waals surface area (Å²) in [6, 6.07) is 0. The molecule has 2 N–H and O–H groups in total. The smallest absolute Gasteiger partial charge is 0.309 e. The zero-order valence-electron chi connectivity index (χ0n) is 29.0. The lowest BCUT2D eigenvalue weighted by Gasteiger charge is -2.57. The van der Waals surface area contributed by atoms with Crippen LogP contribution in [-0.4, -0.2) is 22.2 Å². The molecule has 6 aliphatic rings. The quantitative estimate of drug-likeness (QED) is 0.335. The summed E-state index contributed by atoms with van der Waals surface area (Å²) in [5.74, 6) is 1.78. The molecule has 0 aromatic carbocycles. The van der Waals surface area contributed by atoms with Gasteiger partial charge in [0, 0.05) is 0 Å². The van der Waals surface area contributed by atoms with Gasteiger partial charge in [0.15, 0.2) is 0 Å². The van der Waals surface area contributed by atoms with Crippen LogP contribution in [0.15, 0.2) is 46.6 Å². The minimum absolute atomic E-state index is 0.161. The first-order valence-corrected chi connectivity index (χ1v) is 17.9. The summed E-state index contributed by atoms with van der Waals surface area (Å²) in [4.78, 5) is 23.9. The number of fused-ring (bicyclic) bond motifs is 6. The molecule has 6 rings (SSSR count). The van der Waals surface area contributed by atoms with Gasteiger partial charge in [-0.2, -0.15) is 0 Å². The van der Waals surface area contributed by atoms with Crippen LogP contribution in [-0.2, 0) is 9.59 Å². The minimum Gasteiger partial charge on any atom is -0.481 e. The van der Waals surface area contributed by atoms with Crippen molar-refractivity contribution >= 4 is 11.9 Å². The zero-order valence-corrected chi connectivity index (χ0v) is 29.0. The second-order valence-electron chi connectivity index (χ2n) is 17.1. The van der Waals surface area contributed by atoms with E-state index in [0.717, 1.165) is 38.5 Å². The average Bonchev–Trinajstić information content (AvgIpc) is 2.96. The summed E-state index contributed by atoms with van der Waals surface area (Å²) in [6.45, 7) is 17.9. The van der Waals surface area contributed by atoms with Crippen molar-refractivity contribution in [1.82, 2.24) is 0 Å². The van der Waals surface area contributed by atoms with Gasteiger partial charge in [-0.15, -0.1) is 0 Å². The van der Waals surface area contributed by atoms with Crippen LogP contribution in [0.25, 0.3) is 0 Å². The van der Waals surface area contributed by atoms with Crippen molar-refractivity contribution in [1.29, 1.82) is 0 Å². The normalized spacial score (nSPS) is 41.3. The Kier molecular flexibility index (Phi) is 9.01. The Morgan fingerprint density at radius 2 is 1.02 bits per heavy atom. The first kappa shape index (κ1) is 33.3. The fraction of sp³-hybridized carbons (Fsp3) is 0.750. The highest BCUT2D eigenvalue weighted by Gasteiger charge is 2.58. The van der Waals surface area contributed by atoms with Gasteiger partial charge in [0.1, 0.15) is 0 Å². The Balaban J connectivity index is 0.000000175. The minimum atomic E-state index is -0.588. The Labute approximate surface area is 267 Å². The molecule has 2 saturated carbocycles. The van der Waals surface area contributed by atoms with E-state index in [4.69, 9.17) is 0 Å². The largest absolute Gasteiger partial charge is 0.481 e. The van der Waals surface area contributed by atoms with E-state index in [0.29, 0.717) is 23.7 Å². The van der Waals surface area contributed by atoms with Gasteiger partial charge in [0.2, 0.25) is 0 Å². The molecule has 0 amide bonds. The number of hydrogen-bond acceptors (Lipinski definition) is 2. The second-order valence-corrected chi connectivity index (χ2v) is 17.1. The lowest BCUT2D eigenvalue weighted by molar-refractivity contribution is -0.163. The lowest BCUT2D eigenvalue weighted by Crippen LogP contribution is -2.53. The predicted molar refractivity (Wildman–Crippen MR) is 179 cm³/mol. The molecular weight excluding hydrogens is 544 g/mol. The SMILES string of the molecule is CC(C)C1=CC2=CCC3[C@](C)(C(=O)O)CCC[C@]3(C)[C@H]2CC1.CC(C)C1=CC2=CCC3[C@](C)(C(=O)O)CCC[C@]3(C)[C@H]2CC1. The Morgan fingerprint density at radius 1 is 0.659 bits per heavy atom. The van der Waals surface area contributed by atoms with E-state index < -0.39 is 22.8 Å². The van der Waals surface area contributed by atoms with E-state index in [2.05, 4.69) is 65.8 Å². The first-order chi connectivity index (χ1) is 20.6. The highest BCUT2D eigenvalue weighted by molar-refractivity contribution is 5.75. The van der Waals surface area contributed by atoms with Gasteiger partial charge in [0.05, 0.1) is 10.8 Å². The third kappa shape index (κ3) is 5.38. The molecule has 0 aliphatic heterocycles. The zero-order chi connectivity index (χ0) is 32.2. The van der Waals surface area contributed by atoms with Crippen LogP contribution in [0, 0.1) is 57.2 Å². The van der Waals surface area contributed by atoms with E-state index >= 15 is 0 Å². The first-order valence-electron chi connectivity index (χ1n) is 17.9. The molecular formula is C40H60O4. The van der Waals surface area contributed by atoms with Gasteiger partial charge in [0.25, 0.3) is 0 Å². The van der Waals surface area contributed by atoms with E-state index in [1.807, 2.05) is 13.8 Å². The summed E-state index contributed by atoms with van der Waals surface area (Å²) in [7, 11) is 0. The van der Waals surface area contributed by atoms with Crippen molar-refractivity contribution < 1.29 is 19.8 Å². The summed E-state index contributed by atoms with van der Waals surface area (Å²) in [5, 5.41) is 19.7. The maximum Gasteiger partial charge on any atom is 0.309 e. The number of rotatable bonds is 4. The van der Waals surface area contributed by atoms with Gasteiger partial charge < -0.3 is 10.2 Å². The highest BCUT2D eigenvalue weighted by atomic mass is 16.4. The standard InChI is InChI=1S/2C20H30O2/c2*1-13(2)14-6-8-16-15(12-14)7-9-17-19(16,3)10-5-11-20(17,4)18(21)22/h2*7,12-13,16-17H,5-6,8-11H2,1-4H3,(H,21,22)/t2*16-,17?,19+,20+/m00/s1. The van der Waals surface area contributed by atoms with Crippen molar-refractivity contribution in [3.05, 3.63) is 46.6 Å². The van der Waals surface area contributed by atoms with Crippen molar-refractivity contribution in [2.24, 2.45) is 57.2 Å². The van der Waals surface area contributed by atoms with E-state index in [1.54, 1.807) is 11.1 Å². The Morgan fingerprint density at radius 3 is 1.34 bits per heavy atom. The van der Waals surface area contributed by atoms with Crippen LogP contribution < -0.4 is 0 Å². The van der Waals surface area contributed by atoms with E-state index in [-0.39, 0.29) is 22.7 Å². The maximum atomic E-state index is 11.9. The number of aliphatic carboxylic acids is 2. The molecule has 0 heterocycles. The molecule has 0 spiro atoms. The molecule has 0 bridgehead atoms. The van der Waals surface area contributed by atoms with Gasteiger partial charge in [-0.3, -0.25) is 9.59 Å². The van der Waals surface area contributed by atoms with Crippen molar-refractivity contribution in [3.63, 3.8) is 0 Å². The Bertz CT molecular complexity index is 1180. The third-order valence-corrected chi connectivity index (χ3v) is 14.1. The number of carbonyl (C=O) groups is 2. The monoisotopic (exact) mass is 604 g/mol. The topological polar surface area (TPSA) is 74.6 Å². The van der Waals surface area contributed by atoms with Crippen LogP contribution in [0.3, 0.4) is 0 Å². The van der Waals surface area contributed by atoms with Crippen LogP contribution in [0.2, 0.25) is 0 Å². The molecule has 2 fully saturated rings. The van der Waals surface area contributed by atoms with E-state index in [1.165, 1.54) is 49.7 Å². The molecule has 0 saturated heterocycles. The van der Waals surface area contributed by atoms with Crippen LogP contribution in [0.5, 0.6) is 0 Å². The van der Waals surface area contributed by atoms with E-state index in [9.17, 15) is 19.8 Å². The summed E-state index contributed by atoms with van der Waals surface area (Å²) in [5.41, 5.74) is 5.38. The molecule has 4 heteroatoms. The molecule has 2 unspecified atom stereocenters. The summed E-state index contributed by atoms with van der Waals surface area (Å²) < 4.78 is 0. The second kappa shape index (κ2) is 11.9. The molecule has 244 valence electrons. The number of hydrogen-bond donors (Lipinski definition) is 2. The predicted octanol–water partition coefficient (Wildman–Crippen LogP) is 10.4. The fourth-order valence-electron chi connectivity index (χ4n) is 11.2. The van der Waals surface area contributed by atoms with Crippen LogP contribution >= 0.6 is 0 Å². The summed E-state index contributed by atoms with van der Waals surface area (Å²) in [6.07, 6.45) is 22.4. The van der Waals surface area contributed by atoms with Crippen LogP contribution in [0.4, 0.5) is 0 Å². The average molecular weight is 605 g/mol. The van der Waals surface area contributed by atoms with Gasteiger partial charge >= 0.3 is 11.9 Å². The Hall–Kier alpha value is -2.10. The molecule has 44 heavy (non-hydrogen) atoms. The van der Waals surface area contributed by atoms with Crippen molar-refractivity contribution in [2.45, 2.75) is 132 Å². The van der Waals surface area contributed by atoms with Crippen molar-refractivity contribution in [2.75, 3.05) is 0 Å². The molecule has 0 radical (unpaired) electrons. The number of carboxylic acid groups (broad SMARTS) is 2. The molecule has 4 nitrogen and oxygen atoms in total. The molecule has 0 aromatic heterocycles. The van der Waals surface area contributed by atoms with Crippen LogP contribution in [0.1, 0.15) is 132 Å². The van der Waals surface area contributed by atoms with Gasteiger partial charge in [-0.25, -0.2) is 0 Å². The molecule has 8 atom stereocenters. The number of allylic oxidation sites excluding steroid dienone is 8. The van der Waals surface area contributed by atoms with Gasteiger partial charge in [-0.05, 0) is 136 Å². The maximum absolute atomic E-state index is 11.9. The van der Waals surface area contributed by atoms with Gasteiger partial charge in [-0.1, -0.05) is 89.8 Å². The highest BCUT2D eigenvalue weighted by Crippen LogP contribution is 2.63. The summed E-state index contributed by atoms with van der Waals surface area (Å²) >= 11 is 0. The number of carboxylic acids is 2. The molecule has 6 aliphatic carbocycles. The molecule has 0 aromatic rings. The van der Waals surface area contributed by atoms with Crippen molar-refractivity contribution in [3.8, 4) is 0 Å². The lowest BCUT2D eigenvalue weighted by atomic mass is 9.47.